The Kier molecular flexibility index (Phi) is 8.01. The molecule has 294 valence electrons. The Morgan fingerprint density at radius 3 is 1.56 bits per heavy atom. The zero-order valence-corrected chi connectivity index (χ0v) is 34.5. The average Bonchev–Trinajstić information content (AvgIpc) is 4.00. The SMILES string of the molecule is c1ccc(-c2ccc(-n3c4ccccc4c4cc(-c5cccc(C6c7ccccc7-c7cc(-c8ccccc8-n8c9ccccc9c9ccccc98)ccc76)c5)ccc43)cc2)cc1. The summed E-state index contributed by atoms with van der Waals surface area (Å²) in [5.41, 5.74) is 21.1. The molecule has 0 aliphatic heterocycles. The summed E-state index contributed by atoms with van der Waals surface area (Å²) in [6, 6.07) is 87.2. The van der Waals surface area contributed by atoms with Gasteiger partial charge in [-0.2, -0.15) is 0 Å². The third-order valence-electron chi connectivity index (χ3n) is 13.4. The molecule has 0 saturated carbocycles. The number of aromatic nitrogens is 2. The van der Waals surface area contributed by atoms with Crippen LogP contribution in [0.2, 0.25) is 0 Å². The largest absolute Gasteiger partial charge is 0.309 e. The Morgan fingerprint density at radius 1 is 0.270 bits per heavy atom. The van der Waals surface area contributed by atoms with Gasteiger partial charge in [-0.15, -0.1) is 0 Å². The van der Waals surface area contributed by atoms with Crippen LogP contribution in [0.1, 0.15) is 22.6 Å². The van der Waals surface area contributed by atoms with Crippen LogP contribution < -0.4 is 0 Å². The summed E-state index contributed by atoms with van der Waals surface area (Å²) in [5, 5.41) is 5.05. The van der Waals surface area contributed by atoms with Crippen LogP contribution in [0, 0.1) is 0 Å². The predicted molar refractivity (Wildman–Crippen MR) is 264 cm³/mol. The molecule has 2 aromatic heterocycles. The molecular formula is C61H40N2. The van der Waals surface area contributed by atoms with Crippen molar-refractivity contribution in [2.24, 2.45) is 0 Å². The van der Waals surface area contributed by atoms with Crippen molar-refractivity contribution >= 4 is 43.6 Å². The monoisotopic (exact) mass is 800 g/mol. The highest BCUT2D eigenvalue weighted by Crippen LogP contribution is 2.50. The zero-order valence-electron chi connectivity index (χ0n) is 34.5. The van der Waals surface area contributed by atoms with Crippen molar-refractivity contribution in [1.82, 2.24) is 9.13 Å². The van der Waals surface area contributed by atoms with E-state index >= 15 is 0 Å². The molecule has 0 saturated heterocycles. The second kappa shape index (κ2) is 14.2. The van der Waals surface area contributed by atoms with Crippen molar-refractivity contribution in [3.05, 3.63) is 253 Å². The Hall–Kier alpha value is -8.20. The summed E-state index contributed by atoms with van der Waals surface area (Å²) >= 11 is 0. The molecule has 12 aromatic rings. The lowest BCUT2D eigenvalue weighted by Crippen LogP contribution is -2.00. The second-order valence-corrected chi connectivity index (χ2v) is 16.8. The first-order chi connectivity index (χ1) is 31.3. The zero-order chi connectivity index (χ0) is 41.4. The lowest BCUT2D eigenvalue weighted by Gasteiger charge is -2.17. The maximum absolute atomic E-state index is 2.44. The fourth-order valence-electron chi connectivity index (χ4n) is 10.6. The molecule has 1 atom stereocenters. The van der Waals surface area contributed by atoms with E-state index in [1.54, 1.807) is 0 Å². The van der Waals surface area contributed by atoms with Crippen LogP contribution in [-0.4, -0.2) is 9.13 Å². The molecule has 13 rings (SSSR count). The van der Waals surface area contributed by atoms with Crippen molar-refractivity contribution in [2.45, 2.75) is 5.92 Å². The van der Waals surface area contributed by atoms with E-state index in [1.807, 2.05) is 0 Å². The van der Waals surface area contributed by atoms with Crippen LogP contribution in [-0.2, 0) is 0 Å². The quantitative estimate of drug-likeness (QED) is 0.159. The van der Waals surface area contributed by atoms with Crippen molar-refractivity contribution in [2.75, 3.05) is 0 Å². The van der Waals surface area contributed by atoms with E-state index in [0.29, 0.717) is 0 Å². The first kappa shape index (κ1) is 35.5. The van der Waals surface area contributed by atoms with E-state index in [0.717, 1.165) is 5.69 Å². The molecule has 2 nitrogen and oxygen atoms in total. The predicted octanol–water partition coefficient (Wildman–Crippen LogP) is 16.0. The highest BCUT2D eigenvalue weighted by molar-refractivity contribution is 6.11. The number of benzene rings is 10. The van der Waals surface area contributed by atoms with Crippen molar-refractivity contribution < 1.29 is 0 Å². The number of para-hydroxylation sites is 4. The standard InChI is InChI=1S/C61H40N2/c1-2-15-40(16-3-1)41-29-33-46(34-30-41)62-57-26-11-9-23-51(57)55-38-43(32-36-60(55)62)42-17-14-18-45(37-42)61-52-24-5-4-20-48(52)54-39-44(31-35-53(54)61)47-19-6-10-25-56(47)63-58-27-12-7-21-49(58)50-22-8-13-28-59(50)63/h1-39,61H. The molecule has 10 aromatic carbocycles. The molecule has 0 bridgehead atoms. The van der Waals surface area contributed by atoms with Gasteiger partial charge in [-0.1, -0.05) is 182 Å². The van der Waals surface area contributed by atoms with Gasteiger partial charge in [-0.05, 0) is 110 Å². The summed E-state index contributed by atoms with van der Waals surface area (Å²) in [5.74, 6) is 0.127. The van der Waals surface area contributed by atoms with E-state index < -0.39 is 0 Å². The van der Waals surface area contributed by atoms with E-state index in [2.05, 4.69) is 246 Å². The van der Waals surface area contributed by atoms with Crippen LogP contribution >= 0.6 is 0 Å². The second-order valence-electron chi connectivity index (χ2n) is 16.8. The molecule has 63 heavy (non-hydrogen) atoms. The first-order valence-electron chi connectivity index (χ1n) is 21.9. The lowest BCUT2D eigenvalue weighted by molar-refractivity contribution is 1.02. The minimum absolute atomic E-state index is 0.127. The topological polar surface area (TPSA) is 9.86 Å². The van der Waals surface area contributed by atoms with Crippen molar-refractivity contribution in [3.63, 3.8) is 0 Å². The average molecular weight is 801 g/mol. The molecular weight excluding hydrogens is 761 g/mol. The molecule has 1 aliphatic rings. The van der Waals surface area contributed by atoms with E-state index in [9.17, 15) is 0 Å². The van der Waals surface area contributed by atoms with E-state index in [1.165, 1.54) is 110 Å². The summed E-state index contributed by atoms with van der Waals surface area (Å²) < 4.78 is 4.84. The number of nitrogens with zero attached hydrogens (tertiary/aromatic N) is 2. The summed E-state index contributed by atoms with van der Waals surface area (Å²) in [7, 11) is 0. The van der Waals surface area contributed by atoms with Gasteiger partial charge in [-0.25, -0.2) is 0 Å². The van der Waals surface area contributed by atoms with Crippen LogP contribution in [0.15, 0.2) is 237 Å². The fourth-order valence-corrected chi connectivity index (χ4v) is 10.6. The number of hydrogen-bond acceptors (Lipinski definition) is 0. The van der Waals surface area contributed by atoms with Crippen molar-refractivity contribution in [3.8, 4) is 55.9 Å². The normalized spacial score (nSPS) is 13.2. The lowest BCUT2D eigenvalue weighted by atomic mass is 9.87. The molecule has 2 heterocycles. The van der Waals surface area contributed by atoms with Crippen LogP contribution in [0.5, 0.6) is 0 Å². The highest BCUT2D eigenvalue weighted by Gasteiger charge is 2.30. The van der Waals surface area contributed by atoms with E-state index in [4.69, 9.17) is 0 Å². The Bertz CT molecular complexity index is 3680. The summed E-state index contributed by atoms with van der Waals surface area (Å²) in [6.45, 7) is 0. The molecule has 1 aliphatic carbocycles. The molecule has 0 fully saturated rings. The van der Waals surface area contributed by atoms with Gasteiger partial charge in [0.2, 0.25) is 0 Å². The van der Waals surface area contributed by atoms with Gasteiger partial charge in [0, 0.05) is 38.7 Å². The van der Waals surface area contributed by atoms with E-state index in [-0.39, 0.29) is 5.92 Å². The molecule has 0 N–H and O–H groups in total. The minimum Gasteiger partial charge on any atom is -0.309 e. The van der Waals surface area contributed by atoms with Gasteiger partial charge in [-0.3, -0.25) is 0 Å². The first-order valence-corrected chi connectivity index (χ1v) is 21.9. The molecule has 2 heteroatoms. The number of hydrogen-bond donors (Lipinski definition) is 0. The van der Waals surface area contributed by atoms with Crippen molar-refractivity contribution in [1.29, 1.82) is 0 Å². The summed E-state index contributed by atoms with van der Waals surface area (Å²) in [6.07, 6.45) is 0. The number of fused-ring (bicyclic) bond motifs is 9. The Balaban J connectivity index is 0.895. The van der Waals surface area contributed by atoms with Gasteiger partial charge < -0.3 is 9.13 Å². The third kappa shape index (κ3) is 5.58. The smallest absolute Gasteiger partial charge is 0.0541 e. The Labute approximate surface area is 366 Å². The van der Waals surface area contributed by atoms with Crippen LogP contribution in [0.3, 0.4) is 0 Å². The molecule has 0 spiro atoms. The Morgan fingerprint density at radius 2 is 0.794 bits per heavy atom. The molecule has 0 amide bonds. The van der Waals surface area contributed by atoms with Gasteiger partial charge in [0.15, 0.2) is 0 Å². The molecule has 1 unspecified atom stereocenters. The van der Waals surface area contributed by atoms with Gasteiger partial charge in [0.1, 0.15) is 0 Å². The fraction of sp³-hybridized carbons (Fsp3) is 0.0164. The maximum atomic E-state index is 2.44. The van der Waals surface area contributed by atoms with Gasteiger partial charge in [0.25, 0.3) is 0 Å². The highest BCUT2D eigenvalue weighted by atomic mass is 15.0. The van der Waals surface area contributed by atoms with Crippen LogP contribution in [0.4, 0.5) is 0 Å². The summed E-state index contributed by atoms with van der Waals surface area (Å²) in [4.78, 5) is 0. The molecule has 0 radical (unpaired) electrons. The third-order valence-corrected chi connectivity index (χ3v) is 13.4. The minimum atomic E-state index is 0.127. The maximum Gasteiger partial charge on any atom is 0.0541 e. The van der Waals surface area contributed by atoms with Gasteiger partial charge >= 0.3 is 0 Å². The number of rotatable bonds is 6. The van der Waals surface area contributed by atoms with Gasteiger partial charge in [0.05, 0.1) is 27.8 Å². The van der Waals surface area contributed by atoms with Crippen LogP contribution in [0.25, 0.3) is 99.5 Å².